The van der Waals surface area contributed by atoms with Crippen LogP contribution in [-0.2, 0) is 11.3 Å². The molecule has 3 rings (SSSR count). The van der Waals surface area contributed by atoms with Crippen LogP contribution in [0.3, 0.4) is 0 Å². The maximum absolute atomic E-state index is 12.3. The first-order valence-corrected chi connectivity index (χ1v) is 8.87. The van der Waals surface area contributed by atoms with Crippen molar-refractivity contribution in [3.05, 3.63) is 61.8 Å². The molecule has 0 atom stereocenters. The average Bonchev–Trinajstić information content (AvgIpc) is 3.30. The predicted octanol–water partition coefficient (Wildman–Crippen LogP) is 4.15. The molecule has 0 aliphatic heterocycles. The van der Waals surface area contributed by atoms with E-state index in [2.05, 4.69) is 4.98 Å². The van der Waals surface area contributed by atoms with Crippen molar-refractivity contribution in [1.29, 1.82) is 0 Å². The molecule has 128 valence electrons. The standard InChI is InChI=1S/C16H12N2O5S2/c1-22-14-3-2-12(18(20)21)6-13(14)16(19)23-7-11-9-25-15(17-11)10-4-5-24-8-10/h2-6,8-9H,7H2,1H3. The quantitative estimate of drug-likeness (QED) is 0.365. The molecule has 7 nitrogen and oxygen atoms in total. The van der Waals surface area contributed by atoms with Crippen molar-refractivity contribution < 1.29 is 19.2 Å². The van der Waals surface area contributed by atoms with E-state index in [9.17, 15) is 14.9 Å². The lowest BCUT2D eigenvalue weighted by atomic mass is 10.2. The number of hydrogen-bond acceptors (Lipinski definition) is 8. The van der Waals surface area contributed by atoms with Crippen molar-refractivity contribution >= 4 is 34.3 Å². The maximum Gasteiger partial charge on any atom is 0.342 e. The third kappa shape index (κ3) is 3.83. The fourth-order valence-electron chi connectivity index (χ4n) is 2.08. The van der Waals surface area contributed by atoms with Gasteiger partial charge < -0.3 is 9.47 Å². The van der Waals surface area contributed by atoms with Crippen LogP contribution in [0.1, 0.15) is 16.1 Å². The second-order valence-corrected chi connectivity index (χ2v) is 6.51. The third-order valence-electron chi connectivity index (χ3n) is 3.28. The van der Waals surface area contributed by atoms with E-state index in [-0.39, 0.29) is 23.6 Å². The molecule has 2 heterocycles. The number of thiazole rings is 1. The van der Waals surface area contributed by atoms with Crippen LogP contribution in [0.5, 0.6) is 5.75 Å². The number of non-ortho nitro benzene ring substituents is 1. The molecule has 0 fully saturated rings. The Kier molecular flexibility index (Phi) is 5.05. The zero-order chi connectivity index (χ0) is 17.8. The van der Waals surface area contributed by atoms with Crippen LogP contribution in [0, 0.1) is 10.1 Å². The van der Waals surface area contributed by atoms with E-state index in [1.54, 1.807) is 11.3 Å². The Balaban J connectivity index is 1.72. The van der Waals surface area contributed by atoms with E-state index >= 15 is 0 Å². The van der Waals surface area contributed by atoms with Gasteiger partial charge in [0.15, 0.2) is 0 Å². The van der Waals surface area contributed by atoms with Crippen molar-refractivity contribution in [2.24, 2.45) is 0 Å². The predicted molar refractivity (Wildman–Crippen MR) is 94.2 cm³/mol. The summed E-state index contributed by atoms with van der Waals surface area (Å²) in [6, 6.07) is 5.74. The number of nitrogens with zero attached hydrogens (tertiary/aromatic N) is 2. The van der Waals surface area contributed by atoms with E-state index in [1.165, 1.54) is 30.6 Å². The zero-order valence-corrected chi connectivity index (χ0v) is 14.6. The third-order valence-corrected chi connectivity index (χ3v) is 4.91. The molecule has 0 spiro atoms. The number of carbonyl (C=O) groups is 1. The Bertz CT molecular complexity index is 905. The van der Waals surface area contributed by atoms with Gasteiger partial charge in [-0.1, -0.05) is 0 Å². The van der Waals surface area contributed by atoms with Gasteiger partial charge >= 0.3 is 5.97 Å². The highest BCUT2D eigenvalue weighted by atomic mass is 32.1. The Hall–Kier alpha value is -2.78. The van der Waals surface area contributed by atoms with E-state index < -0.39 is 10.9 Å². The molecule has 0 aliphatic rings. The molecule has 0 bridgehead atoms. The van der Waals surface area contributed by atoms with E-state index in [1.807, 2.05) is 22.2 Å². The molecule has 0 saturated heterocycles. The highest BCUT2D eigenvalue weighted by Crippen LogP contribution is 2.27. The Morgan fingerprint density at radius 1 is 1.32 bits per heavy atom. The van der Waals surface area contributed by atoms with Gasteiger partial charge in [-0.05, 0) is 17.5 Å². The number of esters is 1. The number of hydrogen-bond donors (Lipinski definition) is 0. The van der Waals surface area contributed by atoms with Gasteiger partial charge in [-0.25, -0.2) is 9.78 Å². The highest BCUT2D eigenvalue weighted by Gasteiger charge is 2.19. The zero-order valence-electron chi connectivity index (χ0n) is 13.0. The van der Waals surface area contributed by atoms with Crippen molar-refractivity contribution in [1.82, 2.24) is 4.98 Å². The number of nitro benzene ring substituents is 1. The van der Waals surface area contributed by atoms with Gasteiger partial charge in [0.2, 0.25) is 0 Å². The lowest BCUT2D eigenvalue weighted by molar-refractivity contribution is -0.384. The molecule has 0 saturated carbocycles. The lowest BCUT2D eigenvalue weighted by Gasteiger charge is -2.07. The van der Waals surface area contributed by atoms with Crippen LogP contribution >= 0.6 is 22.7 Å². The molecule has 3 aromatic rings. The number of carbonyl (C=O) groups excluding carboxylic acids is 1. The molecule has 2 aromatic heterocycles. The van der Waals surface area contributed by atoms with E-state index in [4.69, 9.17) is 9.47 Å². The van der Waals surface area contributed by atoms with Gasteiger partial charge in [0, 0.05) is 28.5 Å². The molecule has 0 radical (unpaired) electrons. The van der Waals surface area contributed by atoms with E-state index in [0.29, 0.717) is 5.69 Å². The van der Waals surface area contributed by atoms with Crippen LogP contribution in [0.25, 0.3) is 10.6 Å². The minimum absolute atomic E-state index is 0.00462. The average molecular weight is 376 g/mol. The van der Waals surface area contributed by atoms with Crippen LogP contribution in [-0.4, -0.2) is 23.0 Å². The van der Waals surface area contributed by atoms with Gasteiger partial charge in [-0.15, -0.1) is 11.3 Å². The smallest absolute Gasteiger partial charge is 0.342 e. The Morgan fingerprint density at radius 3 is 2.84 bits per heavy atom. The number of thiophene rings is 1. The van der Waals surface area contributed by atoms with Crippen LogP contribution in [0.15, 0.2) is 40.4 Å². The molecule has 0 N–H and O–H groups in total. The summed E-state index contributed by atoms with van der Waals surface area (Å²) in [5.74, 6) is -0.488. The summed E-state index contributed by atoms with van der Waals surface area (Å²) >= 11 is 3.04. The monoisotopic (exact) mass is 376 g/mol. The van der Waals surface area contributed by atoms with Crippen LogP contribution in [0.4, 0.5) is 5.69 Å². The SMILES string of the molecule is COc1ccc([N+](=O)[O-])cc1C(=O)OCc1csc(-c2ccsc2)n1. The molecule has 0 aliphatic carbocycles. The molecule has 25 heavy (non-hydrogen) atoms. The summed E-state index contributed by atoms with van der Waals surface area (Å²) in [5, 5.41) is 17.5. The number of aromatic nitrogens is 1. The van der Waals surface area contributed by atoms with Crippen molar-refractivity contribution in [3.8, 4) is 16.3 Å². The number of methoxy groups -OCH3 is 1. The van der Waals surface area contributed by atoms with Crippen LogP contribution < -0.4 is 4.74 Å². The number of benzene rings is 1. The summed E-state index contributed by atoms with van der Waals surface area (Å²) < 4.78 is 10.3. The van der Waals surface area contributed by atoms with Crippen molar-refractivity contribution in [2.45, 2.75) is 6.61 Å². The summed E-state index contributed by atoms with van der Waals surface area (Å²) in [7, 11) is 1.38. The molecule has 0 unspecified atom stereocenters. The van der Waals surface area contributed by atoms with Gasteiger partial charge in [0.25, 0.3) is 5.69 Å². The van der Waals surface area contributed by atoms with Crippen LogP contribution in [0.2, 0.25) is 0 Å². The molecular weight excluding hydrogens is 364 g/mol. The van der Waals surface area contributed by atoms with Gasteiger partial charge in [-0.2, -0.15) is 11.3 Å². The summed E-state index contributed by atoms with van der Waals surface area (Å²) in [5.41, 5.74) is 1.43. The largest absolute Gasteiger partial charge is 0.496 e. The maximum atomic E-state index is 12.3. The summed E-state index contributed by atoms with van der Waals surface area (Å²) in [4.78, 5) is 27.0. The number of rotatable bonds is 6. The minimum atomic E-state index is -0.703. The fraction of sp³-hybridized carbons (Fsp3) is 0.125. The second-order valence-electron chi connectivity index (χ2n) is 4.87. The fourth-order valence-corrected chi connectivity index (χ4v) is 3.59. The first-order valence-electron chi connectivity index (χ1n) is 7.05. The van der Waals surface area contributed by atoms with Gasteiger partial charge in [0.1, 0.15) is 22.9 Å². The highest BCUT2D eigenvalue weighted by molar-refractivity contribution is 7.14. The summed E-state index contributed by atoms with van der Waals surface area (Å²) in [6.45, 7) is -0.0225. The second kappa shape index (κ2) is 7.41. The van der Waals surface area contributed by atoms with Crippen molar-refractivity contribution in [2.75, 3.05) is 7.11 Å². The van der Waals surface area contributed by atoms with Gasteiger partial charge in [-0.3, -0.25) is 10.1 Å². The first kappa shape index (κ1) is 17.1. The Morgan fingerprint density at radius 2 is 2.16 bits per heavy atom. The first-order chi connectivity index (χ1) is 12.1. The van der Waals surface area contributed by atoms with E-state index in [0.717, 1.165) is 16.6 Å². The molecule has 0 amide bonds. The topological polar surface area (TPSA) is 91.6 Å². The minimum Gasteiger partial charge on any atom is -0.496 e. The lowest BCUT2D eigenvalue weighted by Crippen LogP contribution is -2.08. The number of nitro groups is 1. The molecule has 9 heteroatoms. The molecular formula is C16H12N2O5S2. The molecule has 1 aromatic carbocycles. The normalized spacial score (nSPS) is 10.4. The van der Waals surface area contributed by atoms with Crippen molar-refractivity contribution in [3.63, 3.8) is 0 Å². The summed E-state index contributed by atoms with van der Waals surface area (Å²) in [6.07, 6.45) is 0. The Labute approximate surface area is 150 Å². The number of ether oxygens (including phenoxy) is 2. The van der Waals surface area contributed by atoms with Gasteiger partial charge in [0.05, 0.1) is 17.7 Å².